The highest BCUT2D eigenvalue weighted by Gasteiger charge is 2.62. The SMILES string of the molecule is CC(C)(COc1ccccc1Cl)NC(=O)C1[C@H]2CNC[C@@H]12.CC(C)(COc1ccccc1F)NC(=O)C1[C@H]2CNC[C@@H]12.CC(C)(NC(=O)C1[C@H]2CNC[C@@H]12)c1cnc2cccnn12.Cc1cc(F)cnc1OCC(C)(C)NC(=O)C1[C@H]2CNC[C@@H]12.Cc1ccccc1OCC(C)(C)NC(=O)C1[C@H]2CNC[C@@H]12.Cc1cccnc1OCC(C)(C)NC(=O)C1[C@H]2CNC[C@@H]12. The third-order valence-corrected chi connectivity index (χ3v) is 27.0. The molecule has 0 bridgehead atoms. The maximum atomic E-state index is 13.5. The van der Waals surface area contributed by atoms with Crippen molar-refractivity contribution in [1.82, 2.24) is 88.4 Å². The van der Waals surface area contributed by atoms with E-state index in [1.807, 2.05) is 164 Å². The smallest absolute Gasteiger partial charge is 0.224 e. The second-order valence-electron chi connectivity index (χ2n) is 40.5. The number of nitrogens with zero attached hydrogens (tertiary/aromatic N) is 5. The first kappa shape index (κ1) is 93.5. The highest BCUT2D eigenvalue weighted by atomic mass is 35.5. The minimum absolute atomic E-state index is 0.0913. The van der Waals surface area contributed by atoms with Crippen LogP contribution in [0.2, 0.25) is 5.02 Å². The maximum absolute atomic E-state index is 13.5. The lowest BCUT2D eigenvalue weighted by atomic mass is 10.0. The molecule has 6 amide bonds. The van der Waals surface area contributed by atoms with Crippen LogP contribution in [0.3, 0.4) is 0 Å². The fourth-order valence-electron chi connectivity index (χ4n) is 19.2. The molecular formula is C96H130ClF2N17O11. The molecule has 12 fully saturated rings. The topological polar surface area (TPSA) is 349 Å². The first-order valence-electron chi connectivity index (χ1n) is 45.0. The Morgan fingerprint density at radius 2 is 0.693 bits per heavy atom. The second-order valence-corrected chi connectivity index (χ2v) is 40.9. The molecule has 6 saturated heterocycles. The number of para-hydroxylation sites is 3. The van der Waals surface area contributed by atoms with Crippen LogP contribution in [0.25, 0.3) is 5.65 Å². The van der Waals surface area contributed by atoms with Crippen molar-refractivity contribution in [2.45, 2.75) is 137 Å². The summed E-state index contributed by atoms with van der Waals surface area (Å²) in [5.74, 6) is 10.2. The number of carbonyl (C=O) groups is 6. The summed E-state index contributed by atoms with van der Waals surface area (Å²) in [5, 5.41) is 43.3. The van der Waals surface area contributed by atoms with Crippen LogP contribution in [0.15, 0.2) is 128 Å². The molecule has 6 unspecified atom stereocenters. The number of aryl methyl sites for hydroxylation is 3. The molecular weight excluding hydrogens is 1640 g/mol. The highest BCUT2D eigenvalue weighted by molar-refractivity contribution is 6.32. The number of pyridine rings is 2. The van der Waals surface area contributed by atoms with Gasteiger partial charge < -0.3 is 87.5 Å². The van der Waals surface area contributed by atoms with E-state index in [1.165, 1.54) is 12.1 Å². The first-order chi connectivity index (χ1) is 60.4. The molecule has 18 atom stereocenters. The van der Waals surface area contributed by atoms with Gasteiger partial charge in [0, 0.05) is 59.0 Å². The van der Waals surface area contributed by atoms with E-state index in [1.54, 1.807) is 54.3 Å². The number of nitrogens with one attached hydrogen (secondary N) is 12. The Hall–Kier alpha value is -9.69. The highest BCUT2D eigenvalue weighted by Crippen LogP contribution is 2.53. The molecule has 6 aliphatic carbocycles. The molecule has 12 N–H and O–H groups in total. The molecule has 19 rings (SSSR count). The van der Waals surface area contributed by atoms with Gasteiger partial charge in [-0.3, -0.25) is 28.8 Å². The summed E-state index contributed by atoms with van der Waals surface area (Å²) in [6, 6.07) is 30.6. The number of rotatable bonds is 28. The Morgan fingerprint density at radius 1 is 0.370 bits per heavy atom. The van der Waals surface area contributed by atoms with Gasteiger partial charge in [0.1, 0.15) is 50.4 Å². The second kappa shape index (κ2) is 38.9. The van der Waals surface area contributed by atoms with Crippen molar-refractivity contribution in [3.63, 3.8) is 0 Å². The molecule has 6 saturated carbocycles. The number of fused-ring (bicyclic) bond motifs is 7. The summed E-state index contributed by atoms with van der Waals surface area (Å²) in [4.78, 5) is 86.4. The Morgan fingerprint density at radius 3 is 1.07 bits per heavy atom. The van der Waals surface area contributed by atoms with Gasteiger partial charge >= 0.3 is 0 Å². The van der Waals surface area contributed by atoms with Gasteiger partial charge in [0.15, 0.2) is 17.2 Å². The Balaban J connectivity index is 0.000000123. The van der Waals surface area contributed by atoms with Gasteiger partial charge in [-0.15, -0.1) is 0 Å². The largest absolute Gasteiger partial charge is 0.491 e. The molecule has 4 aromatic heterocycles. The van der Waals surface area contributed by atoms with E-state index in [4.69, 9.17) is 35.3 Å². The van der Waals surface area contributed by atoms with E-state index in [-0.39, 0.29) is 100 Å². The van der Waals surface area contributed by atoms with Crippen molar-refractivity contribution in [3.8, 4) is 29.0 Å². The zero-order valence-corrected chi connectivity index (χ0v) is 76.7. The van der Waals surface area contributed by atoms with Gasteiger partial charge in [-0.05, 0) is 314 Å². The minimum atomic E-state index is -0.524. The summed E-state index contributed by atoms with van der Waals surface area (Å²) < 4.78 is 56.8. The number of halogens is 3. The first-order valence-corrected chi connectivity index (χ1v) is 45.4. The van der Waals surface area contributed by atoms with Crippen LogP contribution in [0.1, 0.15) is 105 Å². The number of aromatic nitrogens is 5. The third kappa shape index (κ3) is 23.7. The van der Waals surface area contributed by atoms with Gasteiger partial charge in [-0.25, -0.2) is 28.2 Å². The van der Waals surface area contributed by atoms with Crippen molar-refractivity contribution in [3.05, 3.63) is 167 Å². The summed E-state index contributed by atoms with van der Waals surface area (Å²) in [7, 11) is 0. The third-order valence-electron chi connectivity index (χ3n) is 26.7. The monoisotopic (exact) mass is 1770 g/mol. The lowest BCUT2D eigenvalue weighted by molar-refractivity contribution is -0.125. The molecule has 31 heteroatoms. The van der Waals surface area contributed by atoms with Crippen molar-refractivity contribution < 1.29 is 61.2 Å². The molecule has 3 aromatic carbocycles. The van der Waals surface area contributed by atoms with Gasteiger partial charge in [0.05, 0.1) is 56.3 Å². The Kier molecular flexibility index (Phi) is 28.6. The molecule has 0 radical (unpaired) electrons. The number of hydrogen-bond donors (Lipinski definition) is 12. The zero-order chi connectivity index (χ0) is 90.7. The molecule has 7 aromatic rings. The fourth-order valence-corrected chi connectivity index (χ4v) is 19.4. The molecule has 6 aliphatic heterocycles. The van der Waals surface area contributed by atoms with Crippen LogP contribution < -0.4 is 87.5 Å². The van der Waals surface area contributed by atoms with Crippen molar-refractivity contribution in [2.75, 3.05) is 112 Å². The molecule has 12 aliphatic rings. The van der Waals surface area contributed by atoms with Crippen LogP contribution in [-0.4, -0.2) is 199 Å². The quantitative estimate of drug-likeness (QED) is 0.0219. The normalized spacial score (nSPS) is 27.1. The molecule has 0 spiro atoms. The van der Waals surface area contributed by atoms with Crippen LogP contribution in [0.4, 0.5) is 8.78 Å². The standard InChI is InChI=1S/C17H24N2O2.C16H21ClN2O2.C16H22FN3O2.C16H21FN2O2.C16H23N3O2.C15H19N5O/c1-11-6-4-5-7-14(11)21-10-17(2,3)19-16(20)15-12-8-18-9-13(12)15;1-16(2,9-21-13-6-4-3-5-12(13)17)19-15(20)14-10-7-18-8-11(10)14;1-9-4-10(17)5-19-15(9)22-8-16(2,3)20-14(21)13-11-6-18-7-12(11)13;1-16(2,9-21-13-6-4-3-5-12(13)17)19-15(20)14-10-7-18-8-11(10)14;1-10-5-4-6-18-15(10)21-9-16(2,3)19-14(20)13-11-7-17-8-12(11)13;1-15(2,11-8-17-12-4-3-5-18-20(11)12)19-14(21)13-9-6-16-7-10(9)13/h4-7,12-13,15,18H,8-10H2,1-3H3,(H,19,20);3-6,10-11,14,18H,7-9H2,1-2H3,(H,19,20);4-5,11-13,18H,6-8H2,1-3H3,(H,20,21);3-6,10-11,14,18H,7-9H2,1-2H3,(H,19,20);4-6,11-13,17H,7-9H2,1-3H3,(H,19,20);3-5,8-10,13,16H,6-7H2,1-2H3,(H,19,21)/t12-,13+,15?;10-,11+,14?;11-,12+,13?;10-,11+,14?;11-,12+,13?;9-,10+,13?. The average Bonchev–Trinajstić information content (AvgIpc) is 1.62. The van der Waals surface area contributed by atoms with Gasteiger partial charge in [-0.1, -0.05) is 60.1 Å². The van der Waals surface area contributed by atoms with E-state index >= 15 is 0 Å². The predicted molar refractivity (Wildman–Crippen MR) is 480 cm³/mol. The molecule has 10 heterocycles. The van der Waals surface area contributed by atoms with Crippen LogP contribution in [0, 0.1) is 139 Å². The number of carbonyl (C=O) groups excluding carboxylic acids is 6. The zero-order valence-electron chi connectivity index (χ0n) is 75.9. The minimum Gasteiger partial charge on any atom is -0.491 e. The summed E-state index contributed by atoms with van der Waals surface area (Å²) in [6.45, 7) is 42.7. The van der Waals surface area contributed by atoms with E-state index in [0.29, 0.717) is 126 Å². The molecule has 127 heavy (non-hydrogen) atoms. The fraction of sp³-hybridized carbons (Fsp3) is 0.583. The van der Waals surface area contributed by atoms with E-state index in [9.17, 15) is 37.5 Å². The lowest BCUT2D eigenvalue weighted by Crippen LogP contribution is -2.49. The number of piperidine rings is 6. The number of imidazole rings is 1. The number of ether oxygens (including phenoxy) is 5. The van der Waals surface area contributed by atoms with Crippen molar-refractivity contribution in [1.29, 1.82) is 0 Å². The van der Waals surface area contributed by atoms with E-state index in [2.05, 4.69) is 83.9 Å². The van der Waals surface area contributed by atoms with Crippen LogP contribution in [-0.2, 0) is 34.3 Å². The Labute approximate surface area is 749 Å². The number of benzene rings is 3. The Bertz CT molecular complexity index is 4620. The summed E-state index contributed by atoms with van der Waals surface area (Å²) in [6.07, 6.45) is 6.36. The summed E-state index contributed by atoms with van der Waals surface area (Å²) in [5.41, 5.74) is 1.77. The number of amides is 6. The van der Waals surface area contributed by atoms with Crippen molar-refractivity contribution >= 4 is 52.7 Å². The summed E-state index contributed by atoms with van der Waals surface area (Å²) >= 11 is 6.06. The van der Waals surface area contributed by atoms with E-state index in [0.717, 1.165) is 113 Å². The maximum Gasteiger partial charge on any atom is 0.224 e. The number of hydrogen-bond acceptors (Lipinski definition) is 21. The van der Waals surface area contributed by atoms with E-state index < -0.39 is 27.7 Å². The van der Waals surface area contributed by atoms with Gasteiger partial charge in [0.25, 0.3) is 0 Å². The molecule has 28 nitrogen and oxygen atoms in total. The van der Waals surface area contributed by atoms with Gasteiger partial charge in [0.2, 0.25) is 47.2 Å². The average molecular weight is 1770 g/mol. The van der Waals surface area contributed by atoms with Gasteiger partial charge in [-0.2, -0.15) is 5.10 Å². The van der Waals surface area contributed by atoms with Crippen LogP contribution in [0.5, 0.6) is 29.0 Å². The predicted octanol–water partition coefficient (Wildman–Crippen LogP) is 8.32. The molecule has 686 valence electrons. The van der Waals surface area contributed by atoms with Crippen molar-refractivity contribution in [2.24, 2.45) is 107 Å². The van der Waals surface area contributed by atoms with Crippen LogP contribution >= 0.6 is 11.6 Å². The lowest BCUT2D eigenvalue weighted by Gasteiger charge is -2.27.